The summed E-state index contributed by atoms with van der Waals surface area (Å²) < 4.78 is 40.9. The van der Waals surface area contributed by atoms with E-state index in [1.165, 1.54) is 17.3 Å². The van der Waals surface area contributed by atoms with Crippen LogP contribution in [0.5, 0.6) is 0 Å². The van der Waals surface area contributed by atoms with Crippen LogP contribution in [0, 0.1) is 13.8 Å². The molecule has 6 nitrogen and oxygen atoms in total. The molecule has 0 radical (unpaired) electrons. The summed E-state index contributed by atoms with van der Waals surface area (Å²) >= 11 is 0. The fourth-order valence-electron chi connectivity index (χ4n) is 3.14. The highest BCUT2D eigenvalue weighted by Gasteiger charge is 2.29. The van der Waals surface area contributed by atoms with E-state index in [0.29, 0.717) is 12.1 Å². The SMILES string of the molecule is Cc1cc(C)n(Cc2cccc(C(=O)N(C)Cc3nccn3CC(F)(F)F)c2)n1. The maximum absolute atomic E-state index is 12.8. The number of halogens is 3. The van der Waals surface area contributed by atoms with Crippen LogP contribution in [-0.4, -0.2) is 43.4 Å². The molecule has 29 heavy (non-hydrogen) atoms. The van der Waals surface area contributed by atoms with Gasteiger partial charge in [0.25, 0.3) is 5.91 Å². The number of alkyl halides is 3. The van der Waals surface area contributed by atoms with Gasteiger partial charge in [0.05, 0.1) is 18.8 Å². The quantitative estimate of drug-likeness (QED) is 0.630. The zero-order valence-corrected chi connectivity index (χ0v) is 16.4. The van der Waals surface area contributed by atoms with Crippen molar-refractivity contribution in [2.75, 3.05) is 7.05 Å². The molecule has 0 saturated heterocycles. The van der Waals surface area contributed by atoms with Crippen molar-refractivity contribution < 1.29 is 18.0 Å². The molecule has 0 aliphatic rings. The fraction of sp³-hybridized carbons (Fsp3) is 0.350. The first-order valence-electron chi connectivity index (χ1n) is 9.04. The second-order valence-electron chi connectivity index (χ2n) is 7.03. The van der Waals surface area contributed by atoms with Crippen LogP contribution in [0.4, 0.5) is 13.2 Å². The molecule has 0 bridgehead atoms. The van der Waals surface area contributed by atoms with Crippen LogP contribution >= 0.6 is 0 Å². The molecule has 9 heteroatoms. The number of hydrogen-bond donors (Lipinski definition) is 0. The number of amides is 1. The first-order chi connectivity index (χ1) is 13.6. The van der Waals surface area contributed by atoms with Gasteiger partial charge in [-0.25, -0.2) is 4.98 Å². The van der Waals surface area contributed by atoms with Crippen molar-refractivity contribution in [2.45, 2.75) is 39.7 Å². The molecular formula is C20H22F3N5O. The van der Waals surface area contributed by atoms with Crippen LogP contribution in [0.15, 0.2) is 42.7 Å². The molecule has 1 amide bonds. The van der Waals surface area contributed by atoms with E-state index in [2.05, 4.69) is 10.1 Å². The molecule has 0 N–H and O–H groups in total. The lowest BCUT2D eigenvalue weighted by atomic mass is 10.1. The Morgan fingerprint density at radius 3 is 2.62 bits per heavy atom. The number of imidazole rings is 1. The molecule has 0 unspecified atom stereocenters. The number of benzene rings is 1. The lowest BCUT2D eigenvalue weighted by Crippen LogP contribution is -2.29. The Labute approximate surface area is 166 Å². The highest BCUT2D eigenvalue weighted by Crippen LogP contribution is 2.19. The molecule has 0 aliphatic heterocycles. The van der Waals surface area contributed by atoms with Gasteiger partial charge in [-0.3, -0.25) is 9.48 Å². The van der Waals surface area contributed by atoms with Gasteiger partial charge >= 0.3 is 6.18 Å². The first kappa shape index (κ1) is 20.6. The fourth-order valence-corrected chi connectivity index (χ4v) is 3.14. The topological polar surface area (TPSA) is 56.0 Å². The number of carbonyl (C=O) groups excluding carboxylic acids is 1. The van der Waals surface area contributed by atoms with Crippen molar-refractivity contribution in [3.63, 3.8) is 0 Å². The van der Waals surface area contributed by atoms with Crippen molar-refractivity contribution in [3.8, 4) is 0 Å². The maximum Gasteiger partial charge on any atom is 0.406 e. The van der Waals surface area contributed by atoms with Gasteiger partial charge in [0.1, 0.15) is 12.4 Å². The van der Waals surface area contributed by atoms with Gasteiger partial charge in [-0.05, 0) is 37.6 Å². The predicted octanol–water partition coefficient (Wildman–Crippen LogP) is 3.58. The van der Waals surface area contributed by atoms with E-state index in [9.17, 15) is 18.0 Å². The summed E-state index contributed by atoms with van der Waals surface area (Å²) in [6.07, 6.45) is -1.79. The van der Waals surface area contributed by atoms with Gasteiger partial charge < -0.3 is 9.47 Å². The van der Waals surface area contributed by atoms with Crippen molar-refractivity contribution in [1.82, 2.24) is 24.2 Å². The van der Waals surface area contributed by atoms with Crippen LogP contribution in [0.2, 0.25) is 0 Å². The van der Waals surface area contributed by atoms with Crippen LogP contribution in [-0.2, 0) is 19.6 Å². The summed E-state index contributed by atoms with van der Waals surface area (Å²) in [5.74, 6) is -0.112. The summed E-state index contributed by atoms with van der Waals surface area (Å²) in [5, 5.41) is 4.42. The van der Waals surface area contributed by atoms with E-state index in [1.54, 1.807) is 25.2 Å². The highest BCUT2D eigenvalue weighted by molar-refractivity contribution is 5.94. The molecule has 154 valence electrons. The molecule has 0 saturated carbocycles. The lowest BCUT2D eigenvalue weighted by Gasteiger charge is -2.19. The second-order valence-corrected chi connectivity index (χ2v) is 7.03. The third-order valence-corrected chi connectivity index (χ3v) is 4.49. The third-order valence-electron chi connectivity index (χ3n) is 4.49. The zero-order valence-electron chi connectivity index (χ0n) is 16.4. The number of rotatable bonds is 6. The van der Waals surface area contributed by atoms with Crippen LogP contribution in [0.3, 0.4) is 0 Å². The standard InChI is InChI=1S/C20H22F3N5O/c1-14-9-15(2)28(25-14)11-16-5-4-6-17(10-16)19(29)26(3)12-18-24-7-8-27(18)13-20(21,22)23/h4-10H,11-13H2,1-3H3. The minimum atomic E-state index is -4.35. The van der Waals surface area contributed by atoms with Crippen LogP contribution in [0.1, 0.15) is 33.1 Å². The Balaban J connectivity index is 1.72. The van der Waals surface area contributed by atoms with Crippen molar-refractivity contribution in [3.05, 3.63) is 71.1 Å². The average Bonchev–Trinajstić information content (AvgIpc) is 3.18. The van der Waals surface area contributed by atoms with E-state index in [0.717, 1.165) is 21.5 Å². The first-order valence-corrected chi connectivity index (χ1v) is 9.04. The third kappa shape index (κ3) is 5.24. The normalized spacial score (nSPS) is 11.7. The Kier molecular flexibility index (Phi) is 5.76. The summed E-state index contributed by atoms with van der Waals surface area (Å²) in [6.45, 7) is 3.25. The second kappa shape index (κ2) is 8.10. The Bertz CT molecular complexity index is 1010. The van der Waals surface area contributed by atoms with Crippen molar-refractivity contribution in [2.24, 2.45) is 0 Å². The average molecular weight is 405 g/mol. The number of hydrogen-bond acceptors (Lipinski definition) is 3. The van der Waals surface area contributed by atoms with E-state index in [4.69, 9.17) is 0 Å². The molecule has 2 aromatic heterocycles. The lowest BCUT2D eigenvalue weighted by molar-refractivity contribution is -0.141. The van der Waals surface area contributed by atoms with Gasteiger partial charge in [-0.15, -0.1) is 0 Å². The van der Waals surface area contributed by atoms with Gasteiger partial charge in [0.15, 0.2) is 0 Å². The minimum Gasteiger partial charge on any atom is -0.334 e. The van der Waals surface area contributed by atoms with Crippen molar-refractivity contribution in [1.29, 1.82) is 0 Å². The predicted molar refractivity (Wildman–Crippen MR) is 101 cm³/mol. The molecule has 0 fully saturated rings. The highest BCUT2D eigenvalue weighted by atomic mass is 19.4. The summed E-state index contributed by atoms with van der Waals surface area (Å²) in [7, 11) is 1.54. The molecule has 0 spiro atoms. The monoisotopic (exact) mass is 405 g/mol. The zero-order chi connectivity index (χ0) is 21.2. The number of nitrogens with zero attached hydrogens (tertiary/aromatic N) is 5. The molecule has 2 heterocycles. The maximum atomic E-state index is 12.8. The number of aryl methyl sites for hydroxylation is 2. The van der Waals surface area contributed by atoms with E-state index < -0.39 is 12.7 Å². The van der Waals surface area contributed by atoms with Gasteiger partial charge in [-0.1, -0.05) is 12.1 Å². The molecule has 0 atom stereocenters. The largest absolute Gasteiger partial charge is 0.406 e. The van der Waals surface area contributed by atoms with Crippen LogP contribution in [0.25, 0.3) is 0 Å². The van der Waals surface area contributed by atoms with Gasteiger partial charge in [0, 0.05) is 30.7 Å². The van der Waals surface area contributed by atoms with E-state index in [1.807, 2.05) is 30.7 Å². The smallest absolute Gasteiger partial charge is 0.334 e. The van der Waals surface area contributed by atoms with E-state index in [-0.39, 0.29) is 18.3 Å². The molecule has 0 aliphatic carbocycles. The minimum absolute atomic E-state index is 0.0242. The van der Waals surface area contributed by atoms with Gasteiger partial charge in [-0.2, -0.15) is 18.3 Å². The van der Waals surface area contributed by atoms with E-state index >= 15 is 0 Å². The Morgan fingerprint density at radius 2 is 1.97 bits per heavy atom. The number of carbonyl (C=O) groups is 1. The molecule has 3 aromatic rings. The summed E-state index contributed by atoms with van der Waals surface area (Å²) in [4.78, 5) is 18.1. The molecule has 1 aromatic carbocycles. The molecule has 3 rings (SSSR count). The number of aromatic nitrogens is 4. The van der Waals surface area contributed by atoms with Crippen LogP contribution < -0.4 is 0 Å². The Hall–Kier alpha value is -3.10. The summed E-state index contributed by atoms with van der Waals surface area (Å²) in [5.41, 5.74) is 3.31. The molecular weight excluding hydrogens is 383 g/mol. The Morgan fingerprint density at radius 1 is 1.21 bits per heavy atom. The van der Waals surface area contributed by atoms with Gasteiger partial charge in [0.2, 0.25) is 0 Å². The summed E-state index contributed by atoms with van der Waals surface area (Å²) in [6, 6.07) is 9.13. The van der Waals surface area contributed by atoms with Crippen molar-refractivity contribution >= 4 is 5.91 Å².